The number of hydrogen-bond donors (Lipinski definition) is 0. The summed E-state index contributed by atoms with van der Waals surface area (Å²) in [6.45, 7) is 0. The number of halogens is 1. The van der Waals surface area contributed by atoms with Crippen molar-refractivity contribution in [1.29, 1.82) is 0 Å². The van der Waals surface area contributed by atoms with E-state index in [0.717, 1.165) is 11.3 Å². The molecule has 0 bridgehead atoms. The van der Waals surface area contributed by atoms with Gasteiger partial charge in [0.25, 0.3) is 0 Å². The zero-order valence-corrected chi connectivity index (χ0v) is 14.7. The van der Waals surface area contributed by atoms with Crippen LogP contribution >= 0.6 is 19.5 Å². The van der Waals surface area contributed by atoms with Gasteiger partial charge in [-0.1, -0.05) is 65.7 Å². The fourth-order valence-corrected chi connectivity index (χ4v) is 10.7. The molecule has 0 radical (unpaired) electrons. The second kappa shape index (κ2) is 7.32. The van der Waals surface area contributed by atoms with Crippen LogP contribution in [-0.2, 0) is 0 Å². The summed E-state index contributed by atoms with van der Waals surface area (Å²) in [5.41, 5.74) is 2.05. The van der Waals surface area contributed by atoms with Gasteiger partial charge in [0.1, 0.15) is 0 Å². The lowest BCUT2D eigenvalue weighted by molar-refractivity contribution is 0.443. The highest BCUT2D eigenvalue weighted by Crippen LogP contribution is 2.69. The zero-order valence-electron chi connectivity index (χ0n) is 13.1. The van der Waals surface area contributed by atoms with Crippen LogP contribution in [0.4, 0.5) is 0 Å². The average Bonchev–Trinajstić information content (AvgIpc) is 2.50. The molecule has 0 spiro atoms. The Balaban J connectivity index is 1.77. The average molecular weight is 315 g/mol. The standard InChI is InChI=1S/C18H32ClP/c19-18(14-8-3-9-15-18)20(16-10-4-1-5-11-16)17-12-6-2-7-13-17/h16-17H,1-15H2. The lowest BCUT2D eigenvalue weighted by atomic mass is 9.98. The Labute approximate surface area is 132 Å². The Hall–Kier alpha value is 0.720. The van der Waals surface area contributed by atoms with Gasteiger partial charge < -0.3 is 0 Å². The van der Waals surface area contributed by atoms with E-state index >= 15 is 0 Å². The largest absolute Gasteiger partial charge is 0.114 e. The smallest absolute Gasteiger partial charge is 0.0646 e. The lowest BCUT2D eigenvalue weighted by Crippen LogP contribution is -2.34. The van der Waals surface area contributed by atoms with Gasteiger partial charge in [0.15, 0.2) is 0 Å². The maximum absolute atomic E-state index is 7.34. The van der Waals surface area contributed by atoms with E-state index in [1.165, 1.54) is 96.3 Å². The van der Waals surface area contributed by atoms with Crippen LogP contribution in [0.15, 0.2) is 0 Å². The summed E-state index contributed by atoms with van der Waals surface area (Å²) in [5.74, 6) is 0. The molecule has 3 saturated carbocycles. The van der Waals surface area contributed by atoms with Crippen LogP contribution in [-0.4, -0.2) is 15.9 Å². The molecule has 0 aromatic rings. The summed E-state index contributed by atoms with van der Waals surface area (Å²) < 4.78 is 0.248. The Morgan fingerprint density at radius 1 is 0.600 bits per heavy atom. The maximum atomic E-state index is 7.34. The van der Waals surface area contributed by atoms with Crippen molar-refractivity contribution in [3.63, 3.8) is 0 Å². The predicted octanol–water partition coefficient (Wildman–Crippen LogP) is 7.03. The van der Waals surface area contributed by atoms with Crippen LogP contribution in [0.5, 0.6) is 0 Å². The third kappa shape index (κ3) is 3.55. The third-order valence-electron chi connectivity index (χ3n) is 6.02. The Morgan fingerprint density at radius 2 is 1.00 bits per heavy atom. The molecule has 0 atom stereocenters. The topological polar surface area (TPSA) is 0 Å². The van der Waals surface area contributed by atoms with Gasteiger partial charge in [-0.05, 0) is 49.8 Å². The highest BCUT2D eigenvalue weighted by Gasteiger charge is 2.45. The normalized spacial score (nSPS) is 29.7. The van der Waals surface area contributed by atoms with E-state index in [-0.39, 0.29) is 12.5 Å². The number of alkyl halides is 1. The monoisotopic (exact) mass is 314 g/mol. The molecule has 0 nitrogen and oxygen atoms in total. The second-order valence-electron chi connectivity index (χ2n) is 7.47. The number of hydrogen-bond acceptors (Lipinski definition) is 0. The molecular weight excluding hydrogens is 283 g/mol. The first kappa shape index (κ1) is 15.6. The van der Waals surface area contributed by atoms with Crippen LogP contribution < -0.4 is 0 Å². The number of rotatable bonds is 3. The van der Waals surface area contributed by atoms with E-state index < -0.39 is 0 Å². The van der Waals surface area contributed by atoms with Crippen LogP contribution in [0.25, 0.3) is 0 Å². The van der Waals surface area contributed by atoms with Crippen molar-refractivity contribution >= 4 is 19.5 Å². The minimum atomic E-state index is 0.0682. The van der Waals surface area contributed by atoms with Crippen LogP contribution in [0.3, 0.4) is 0 Å². The van der Waals surface area contributed by atoms with E-state index in [2.05, 4.69) is 0 Å². The molecule has 3 rings (SSSR count). The molecular formula is C18H32ClP. The summed E-state index contributed by atoms with van der Waals surface area (Å²) >= 11 is 7.34. The molecule has 0 heterocycles. The van der Waals surface area contributed by atoms with Crippen molar-refractivity contribution in [3.8, 4) is 0 Å². The molecule has 3 aliphatic rings. The molecule has 0 aromatic carbocycles. The maximum Gasteiger partial charge on any atom is 0.0646 e. The Bertz CT molecular complexity index is 268. The summed E-state index contributed by atoms with van der Waals surface area (Å²) in [6.07, 6.45) is 21.9. The van der Waals surface area contributed by atoms with Crippen molar-refractivity contribution in [2.24, 2.45) is 0 Å². The zero-order chi connectivity index (χ0) is 13.8. The summed E-state index contributed by atoms with van der Waals surface area (Å²) in [4.78, 5) is 0. The minimum absolute atomic E-state index is 0.0682. The van der Waals surface area contributed by atoms with Gasteiger partial charge in [-0.25, -0.2) is 0 Å². The highest BCUT2D eigenvalue weighted by molar-refractivity contribution is 7.62. The van der Waals surface area contributed by atoms with Crippen LogP contribution in [0.2, 0.25) is 0 Å². The fraction of sp³-hybridized carbons (Fsp3) is 1.00. The summed E-state index contributed by atoms with van der Waals surface area (Å²) in [5, 5.41) is 0. The quantitative estimate of drug-likeness (QED) is 0.387. The van der Waals surface area contributed by atoms with E-state index in [0.29, 0.717) is 0 Å². The van der Waals surface area contributed by atoms with E-state index in [4.69, 9.17) is 11.6 Å². The van der Waals surface area contributed by atoms with Gasteiger partial charge in [0, 0.05) is 0 Å². The molecule has 2 heteroatoms. The molecule has 0 amide bonds. The third-order valence-corrected chi connectivity index (χ3v) is 11.0. The lowest BCUT2D eigenvalue weighted by Gasteiger charge is -2.49. The molecule has 20 heavy (non-hydrogen) atoms. The SMILES string of the molecule is ClC1(P(C2CCCCC2)C2CCCCC2)CCCCC1. The molecule has 3 aliphatic carbocycles. The molecule has 0 aliphatic heterocycles. The predicted molar refractivity (Wildman–Crippen MR) is 92.3 cm³/mol. The van der Waals surface area contributed by atoms with Crippen LogP contribution in [0.1, 0.15) is 96.3 Å². The summed E-state index contributed by atoms with van der Waals surface area (Å²) in [6, 6.07) is 0. The van der Waals surface area contributed by atoms with E-state index in [1.807, 2.05) is 0 Å². The molecule has 0 unspecified atom stereocenters. The molecule has 0 saturated heterocycles. The molecule has 0 aromatic heterocycles. The van der Waals surface area contributed by atoms with E-state index in [1.54, 1.807) is 0 Å². The van der Waals surface area contributed by atoms with Gasteiger partial charge in [-0.15, -0.1) is 11.6 Å². The Morgan fingerprint density at radius 3 is 1.45 bits per heavy atom. The minimum Gasteiger partial charge on any atom is -0.114 e. The van der Waals surface area contributed by atoms with Crippen molar-refractivity contribution in [2.75, 3.05) is 0 Å². The van der Waals surface area contributed by atoms with Crippen LogP contribution in [0, 0.1) is 0 Å². The first-order valence-electron chi connectivity index (χ1n) is 9.27. The first-order valence-corrected chi connectivity index (χ1v) is 11.1. The van der Waals surface area contributed by atoms with Crippen molar-refractivity contribution in [1.82, 2.24) is 0 Å². The second-order valence-corrected chi connectivity index (χ2v) is 11.6. The van der Waals surface area contributed by atoms with Crippen molar-refractivity contribution < 1.29 is 0 Å². The van der Waals surface area contributed by atoms with Gasteiger partial charge in [-0.3, -0.25) is 0 Å². The van der Waals surface area contributed by atoms with Gasteiger partial charge in [-0.2, -0.15) is 0 Å². The van der Waals surface area contributed by atoms with Gasteiger partial charge >= 0.3 is 0 Å². The summed E-state index contributed by atoms with van der Waals surface area (Å²) in [7, 11) is 0.0682. The van der Waals surface area contributed by atoms with E-state index in [9.17, 15) is 0 Å². The first-order chi connectivity index (χ1) is 9.80. The fourth-order valence-electron chi connectivity index (χ4n) is 5.02. The molecule has 116 valence electrons. The Kier molecular flexibility index (Phi) is 5.72. The van der Waals surface area contributed by atoms with Crippen molar-refractivity contribution in [2.45, 2.75) is 112 Å². The molecule has 0 N–H and O–H groups in total. The van der Waals surface area contributed by atoms with Gasteiger partial charge in [0.2, 0.25) is 0 Å². The van der Waals surface area contributed by atoms with Gasteiger partial charge in [0.05, 0.1) is 4.62 Å². The highest BCUT2D eigenvalue weighted by atomic mass is 35.5. The van der Waals surface area contributed by atoms with Crippen molar-refractivity contribution in [3.05, 3.63) is 0 Å². The molecule has 3 fully saturated rings.